The first kappa shape index (κ1) is 28.4. The number of hydrogen-bond acceptors (Lipinski definition) is 5. The number of benzene rings is 4. The topological polar surface area (TPSA) is 102 Å². The number of nitrogens with one attached hydrogen (secondary N) is 2. The third kappa shape index (κ3) is 6.37. The Labute approximate surface area is 240 Å². The highest BCUT2D eigenvalue weighted by atomic mass is 35.5. The molecule has 11 heteroatoms. The second kappa shape index (κ2) is 11.7. The van der Waals surface area contributed by atoms with E-state index in [4.69, 9.17) is 39.5 Å². The van der Waals surface area contributed by atoms with Crippen molar-refractivity contribution < 1.29 is 22.7 Å². The zero-order valence-corrected chi connectivity index (χ0v) is 23.7. The van der Waals surface area contributed by atoms with E-state index in [0.29, 0.717) is 33.3 Å². The van der Waals surface area contributed by atoms with E-state index in [0.717, 1.165) is 0 Å². The molecule has 0 atom stereocenters. The molecule has 0 fully saturated rings. The first-order chi connectivity index (χ1) is 18.5. The Kier molecular flexibility index (Phi) is 8.51. The lowest BCUT2D eigenvalue weighted by Gasteiger charge is -2.16. The minimum absolute atomic E-state index is 0.00626. The number of carbonyl (C=O) groups excluding carboxylic acids is 2. The highest BCUT2D eigenvalue weighted by Crippen LogP contribution is 2.39. The van der Waals surface area contributed by atoms with Gasteiger partial charge in [0.05, 0.1) is 25.4 Å². The van der Waals surface area contributed by atoms with Crippen molar-refractivity contribution in [2.45, 2.75) is 23.6 Å². The number of carbonyl (C=O) groups is 2. The molecule has 200 valence electrons. The molecule has 39 heavy (non-hydrogen) atoms. The van der Waals surface area contributed by atoms with Crippen molar-refractivity contribution in [3.8, 4) is 11.5 Å². The monoisotopic (exact) mass is 602 g/mol. The summed E-state index contributed by atoms with van der Waals surface area (Å²) < 4.78 is 32.5. The largest absolute Gasteiger partial charge is 0.457 e. The van der Waals surface area contributed by atoms with Crippen LogP contribution in [0.15, 0.2) is 88.7 Å². The Bertz CT molecular complexity index is 1670. The predicted molar refractivity (Wildman–Crippen MR) is 152 cm³/mol. The average molecular weight is 604 g/mol. The number of sulfone groups is 1. The molecular formula is C28H21Cl3N2O5S. The van der Waals surface area contributed by atoms with Gasteiger partial charge in [0.25, 0.3) is 5.91 Å². The molecule has 4 aromatic rings. The maximum absolute atomic E-state index is 13.3. The van der Waals surface area contributed by atoms with Crippen LogP contribution in [-0.4, -0.2) is 20.4 Å². The van der Waals surface area contributed by atoms with Gasteiger partial charge in [-0.15, -0.1) is 0 Å². The summed E-state index contributed by atoms with van der Waals surface area (Å²) in [6.45, 7) is 3.30. The van der Waals surface area contributed by atoms with Crippen molar-refractivity contribution in [2.24, 2.45) is 0 Å². The number of rotatable bonds is 6. The van der Waals surface area contributed by atoms with E-state index < -0.39 is 21.8 Å². The second-order valence-corrected chi connectivity index (χ2v) is 11.5. The SMILES string of the molecule is Cc1cc(Oc2ccc(NC(=O)NC(=O)c3ccccc3Cl)cc2)c(C)c(Cl)c1S(=O)(=O)c1ccc(Cl)cc1. The maximum atomic E-state index is 13.3. The van der Waals surface area contributed by atoms with Crippen molar-refractivity contribution in [1.29, 1.82) is 0 Å². The first-order valence-corrected chi connectivity index (χ1v) is 14.0. The van der Waals surface area contributed by atoms with Crippen LogP contribution in [0.2, 0.25) is 15.1 Å². The lowest BCUT2D eigenvalue weighted by atomic mass is 10.1. The number of urea groups is 1. The van der Waals surface area contributed by atoms with Crippen molar-refractivity contribution in [3.63, 3.8) is 0 Å². The van der Waals surface area contributed by atoms with Crippen LogP contribution in [0.5, 0.6) is 11.5 Å². The maximum Gasteiger partial charge on any atom is 0.326 e. The molecule has 0 saturated heterocycles. The molecule has 4 aromatic carbocycles. The van der Waals surface area contributed by atoms with Crippen LogP contribution in [0.25, 0.3) is 0 Å². The van der Waals surface area contributed by atoms with Gasteiger partial charge in [-0.05, 0) is 86.1 Å². The fourth-order valence-electron chi connectivity index (χ4n) is 3.70. The van der Waals surface area contributed by atoms with Gasteiger partial charge < -0.3 is 10.1 Å². The molecule has 2 N–H and O–H groups in total. The van der Waals surface area contributed by atoms with Gasteiger partial charge in [-0.1, -0.05) is 46.9 Å². The third-order valence-corrected chi connectivity index (χ3v) is 8.80. The summed E-state index contributed by atoms with van der Waals surface area (Å²) in [5.74, 6) is 0.152. The molecule has 0 unspecified atom stereocenters. The molecular weight excluding hydrogens is 583 g/mol. The Morgan fingerprint density at radius 2 is 1.49 bits per heavy atom. The van der Waals surface area contributed by atoms with E-state index in [1.165, 1.54) is 30.3 Å². The van der Waals surface area contributed by atoms with Gasteiger partial charge in [-0.25, -0.2) is 13.2 Å². The van der Waals surface area contributed by atoms with Crippen LogP contribution in [0.4, 0.5) is 10.5 Å². The molecule has 0 aliphatic heterocycles. The van der Waals surface area contributed by atoms with Gasteiger partial charge in [0.2, 0.25) is 9.84 Å². The molecule has 0 aromatic heterocycles. The molecule has 0 saturated carbocycles. The molecule has 7 nitrogen and oxygen atoms in total. The minimum atomic E-state index is -3.90. The molecule has 3 amide bonds. The van der Waals surface area contributed by atoms with Crippen molar-refractivity contribution >= 4 is 62.3 Å². The molecule has 0 bridgehead atoms. The van der Waals surface area contributed by atoms with E-state index >= 15 is 0 Å². The van der Waals surface area contributed by atoms with E-state index in [1.807, 2.05) is 0 Å². The molecule has 0 radical (unpaired) electrons. The standard InChI is InChI=1S/C28H21Cl3N2O5S/c1-16-15-24(17(2)25(31)26(16)39(36,37)21-13-7-18(29)8-14-21)38-20-11-9-19(10-12-20)32-28(35)33-27(34)22-5-3-4-6-23(22)30/h3-15H,1-2H3,(H2,32,33,34,35). The Hall–Kier alpha value is -3.56. The number of amides is 3. The van der Waals surface area contributed by atoms with Crippen LogP contribution in [-0.2, 0) is 9.84 Å². The fourth-order valence-corrected chi connectivity index (χ4v) is 6.20. The minimum Gasteiger partial charge on any atom is -0.457 e. The molecule has 0 aliphatic carbocycles. The number of ether oxygens (including phenoxy) is 1. The summed E-state index contributed by atoms with van der Waals surface area (Å²) in [5, 5.41) is 5.48. The van der Waals surface area contributed by atoms with Gasteiger partial charge in [-0.2, -0.15) is 0 Å². The smallest absolute Gasteiger partial charge is 0.326 e. The van der Waals surface area contributed by atoms with Crippen LogP contribution in [0.1, 0.15) is 21.5 Å². The zero-order valence-electron chi connectivity index (χ0n) is 20.6. The third-order valence-electron chi connectivity index (χ3n) is 5.68. The van der Waals surface area contributed by atoms with E-state index in [9.17, 15) is 18.0 Å². The number of anilines is 1. The summed E-state index contributed by atoms with van der Waals surface area (Å²) in [6.07, 6.45) is 0. The molecule has 0 heterocycles. The number of hydrogen-bond donors (Lipinski definition) is 2. The van der Waals surface area contributed by atoms with Crippen LogP contribution >= 0.6 is 34.8 Å². The average Bonchev–Trinajstić information content (AvgIpc) is 2.88. The van der Waals surface area contributed by atoms with Gasteiger partial charge in [-0.3, -0.25) is 10.1 Å². The Morgan fingerprint density at radius 3 is 2.13 bits per heavy atom. The summed E-state index contributed by atoms with van der Waals surface area (Å²) in [4.78, 5) is 24.6. The summed E-state index contributed by atoms with van der Waals surface area (Å²) >= 11 is 18.4. The molecule has 0 aliphatic rings. The predicted octanol–water partition coefficient (Wildman–Crippen LogP) is 7.85. The quantitative estimate of drug-likeness (QED) is 0.234. The molecule has 4 rings (SSSR count). The zero-order chi connectivity index (χ0) is 28.3. The van der Waals surface area contributed by atoms with E-state index in [-0.39, 0.29) is 25.4 Å². The van der Waals surface area contributed by atoms with Crippen LogP contribution in [0, 0.1) is 13.8 Å². The highest BCUT2D eigenvalue weighted by molar-refractivity contribution is 7.91. The van der Waals surface area contributed by atoms with Crippen molar-refractivity contribution in [2.75, 3.05) is 5.32 Å². The van der Waals surface area contributed by atoms with Gasteiger partial charge >= 0.3 is 6.03 Å². The highest BCUT2D eigenvalue weighted by Gasteiger charge is 2.26. The lowest BCUT2D eigenvalue weighted by molar-refractivity contribution is 0.0967. The molecule has 0 spiro atoms. The first-order valence-electron chi connectivity index (χ1n) is 11.4. The lowest BCUT2D eigenvalue weighted by Crippen LogP contribution is -2.34. The number of halogens is 3. The van der Waals surface area contributed by atoms with Gasteiger partial charge in [0.15, 0.2) is 0 Å². The van der Waals surface area contributed by atoms with Crippen LogP contribution < -0.4 is 15.4 Å². The fraction of sp³-hybridized carbons (Fsp3) is 0.0714. The Balaban J connectivity index is 1.48. The number of aryl methyl sites for hydroxylation is 1. The summed E-state index contributed by atoms with van der Waals surface area (Å²) in [6, 6.07) is 19.5. The Morgan fingerprint density at radius 1 is 0.846 bits per heavy atom. The summed E-state index contributed by atoms with van der Waals surface area (Å²) in [7, 11) is -3.90. The van der Waals surface area contributed by atoms with Crippen molar-refractivity contribution in [1.82, 2.24) is 5.32 Å². The second-order valence-electron chi connectivity index (χ2n) is 8.43. The van der Waals surface area contributed by atoms with Gasteiger partial charge in [0, 0.05) is 16.3 Å². The van der Waals surface area contributed by atoms with E-state index in [2.05, 4.69) is 10.6 Å². The normalized spacial score (nSPS) is 11.1. The van der Waals surface area contributed by atoms with Crippen molar-refractivity contribution in [3.05, 3.63) is 111 Å². The van der Waals surface area contributed by atoms with Gasteiger partial charge in [0.1, 0.15) is 11.5 Å². The van der Waals surface area contributed by atoms with Crippen LogP contribution in [0.3, 0.4) is 0 Å². The summed E-state index contributed by atoms with van der Waals surface area (Å²) in [5.41, 5.74) is 1.43. The van der Waals surface area contributed by atoms with E-state index in [1.54, 1.807) is 62.4 Å². The number of imide groups is 1.